The normalized spacial score (nSPS) is 16.5. The van der Waals surface area contributed by atoms with E-state index in [9.17, 15) is 4.79 Å². The molecule has 0 N–H and O–H groups in total. The summed E-state index contributed by atoms with van der Waals surface area (Å²) in [6.45, 7) is 1.31. The molecule has 3 nitrogen and oxygen atoms in total. The number of halogens is 3. The fourth-order valence-electron chi connectivity index (χ4n) is 0.748. The largest absolute Gasteiger partial charge is 0.464 e. The molecule has 0 aromatic heterocycles. The fraction of sp³-hybridized carbons (Fsp3) is 0.750. The van der Waals surface area contributed by atoms with E-state index in [1.807, 2.05) is 6.07 Å². The second kappa shape index (κ2) is 6.34. The fourth-order valence-corrected chi connectivity index (χ4v) is 1.51. The highest BCUT2D eigenvalue weighted by Crippen LogP contribution is 2.25. The van der Waals surface area contributed by atoms with Gasteiger partial charge in [0.1, 0.15) is 11.5 Å². The van der Waals surface area contributed by atoms with Crippen LogP contribution >= 0.6 is 34.8 Å². The molecule has 0 rings (SSSR count). The number of nitriles is 1. The minimum absolute atomic E-state index is 0.0195. The Hall–Kier alpha value is -0.170. The molecule has 0 amide bonds. The molecule has 0 aliphatic rings. The molecule has 0 fully saturated rings. The topological polar surface area (TPSA) is 50.1 Å². The van der Waals surface area contributed by atoms with Crippen molar-refractivity contribution in [3.8, 4) is 6.07 Å². The van der Waals surface area contributed by atoms with E-state index in [2.05, 4.69) is 4.74 Å². The third kappa shape index (κ3) is 5.54. The number of rotatable bonds is 5. The molecular formula is C8H10Cl3NO2. The van der Waals surface area contributed by atoms with Gasteiger partial charge >= 0.3 is 5.97 Å². The SMILES string of the molecule is CC(=O)OCC(Cl)CC(Cl)(C#N)CCl. The van der Waals surface area contributed by atoms with E-state index in [1.165, 1.54) is 6.92 Å². The molecule has 0 saturated carbocycles. The van der Waals surface area contributed by atoms with Gasteiger partial charge in [0.15, 0.2) is 0 Å². The molecular weight excluding hydrogens is 248 g/mol. The lowest BCUT2D eigenvalue weighted by Crippen LogP contribution is -2.28. The predicted molar refractivity (Wildman–Crippen MR) is 55.8 cm³/mol. The van der Waals surface area contributed by atoms with Gasteiger partial charge in [-0.2, -0.15) is 5.26 Å². The van der Waals surface area contributed by atoms with Gasteiger partial charge in [-0.25, -0.2) is 0 Å². The Labute approximate surface area is 97.9 Å². The summed E-state index contributed by atoms with van der Waals surface area (Å²) in [7, 11) is 0. The van der Waals surface area contributed by atoms with Crippen LogP contribution in [0.1, 0.15) is 13.3 Å². The lowest BCUT2D eigenvalue weighted by Gasteiger charge is -2.18. The highest BCUT2D eigenvalue weighted by atomic mass is 35.5. The quantitative estimate of drug-likeness (QED) is 0.561. The number of ether oxygens (including phenoxy) is 1. The highest BCUT2D eigenvalue weighted by molar-refractivity contribution is 6.33. The number of carbonyl (C=O) groups excluding carboxylic acids is 1. The van der Waals surface area contributed by atoms with E-state index in [0.717, 1.165) is 0 Å². The minimum atomic E-state index is -1.19. The molecule has 6 heteroatoms. The molecule has 0 heterocycles. The Morgan fingerprint density at radius 2 is 2.29 bits per heavy atom. The second-order valence-corrected chi connectivity index (χ2v) is 4.42. The zero-order chi connectivity index (χ0) is 11.2. The van der Waals surface area contributed by atoms with Crippen LogP contribution in [-0.2, 0) is 9.53 Å². The number of hydrogen-bond donors (Lipinski definition) is 0. The number of alkyl halides is 3. The molecule has 0 bridgehead atoms. The van der Waals surface area contributed by atoms with Crippen molar-refractivity contribution < 1.29 is 9.53 Å². The van der Waals surface area contributed by atoms with Crippen LogP contribution < -0.4 is 0 Å². The number of hydrogen-bond acceptors (Lipinski definition) is 3. The molecule has 0 aromatic rings. The van der Waals surface area contributed by atoms with Crippen LogP contribution in [0.2, 0.25) is 0 Å². The number of nitrogens with zero attached hydrogens (tertiary/aromatic N) is 1. The summed E-state index contributed by atoms with van der Waals surface area (Å²) in [5.41, 5.74) is 0. The summed E-state index contributed by atoms with van der Waals surface area (Å²) in [6, 6.07) is 1.86. The Morgan fingerprint density at radius 1 is 1.71 bits per heavy atom. The van der Waals surface area contributed by atoms with Crippen molar-refractivity contribution in [2.45, 2.75) is 23.6 Å². The van der Waals surface area contributed by atoms with Crippen molar-refractivity contribution in [3.63, 3.8) is 0 Å². The molecule has 2 atom stereocenters. The van der Waals surface area contributed by atoms with E-state index >= 15 is 0 Å². The lowest BCUT2D eigenvalue weighted by atomic mass is 10.1. The summed E-state index contributed by atoms with van der Waals surface area (Å²) in [4.78, 5) is 9.26. The number of esters is 1. The third-order valence-electron chi connectivity index (χ3n) is 1.42. The van der Waals surface area contributed by atoms with E-state index < -0.39 is 16.2 Å². The summed E-state index contributed by atoms with van der Waals surface area (Å²) in [6.07, 6.45) is 0.170. The van der Waals surface area contributed by atoms with Gasteiger partial charge in [-0.05, 0) is 0 Å². The zero-order valence-corrected chi connectivity index (χ0v) is 9.86. The molecule has 0 radical (unpaired) electrons. The van der Waals surface area contributed by atoms with Crippen molar-refractivity contribution in [1.29, 1.82) is 5.26 Å². The van der Waals surface area contributed by atoms with Gasteiger partial charge in [0.2, 0.25) is 0 Å². The van der Waals surface area contributed by atoms with Crippen molar-refractivity contribution in [3.05, 3.63) is 0 Å². The van der Waals surface area contributed by atoms with Crippen LogP contribution in [0.5, 0.6) is 0 Å². The van der Waals surface area contributed by atoms with E-state index in [1.54, 1.807) is 0 Å². The van der Waals surface area contributed by atoms with Crippen molar-refractivity contribution >= 4 is 40.8 Å². The van der Waals surface area contributed by atoms with Gasteiger partial charge in [0, 0.05) is 13.3 Å². The van der Waals surface area contributed by atoms with Crippen LogP contribution in [0.3, 0.4) is 0 Å². The first kappa shape index (κ1) is 13.8. The average Bonchev–Trinajstić information content (AvgIpc) is 2.14. The Balaban J connectivity index is 3.99. The maximum absolute atomic E-state index is 10.4. The molecule has 80 valence electrons. The second-order valence-electron chi connectivity index (χ2n) is 2.81. The van der Waals surface area contributed by atoms with Crippen molar-refractivity contribution in [2.75, 3.05) is 12.5 Å². The summed E-state index contributed by atoms with van der Waals surface area (Å²) in [5, 5.41) is 8.17. The minimum Gasteiger partial charge on any atom is -0.464 e. The lowest BCUT2D eigenvalue weighted by molar-refractivity contribution is -0.140. The van der Waals surface area contributed by atoms with E-state index in [4.69, 9.17) is 40.1 Å². The van der Waals surface area contributed by atoms with Crippen LogP contribution in [0.15, 0.2) is 0 Å². The Kier molecular flexibility index (Phi) is 6.26. The average molecular weight is 259 g/mol. The standard InChI is InChI=1S/C8H10Cl3NO2/c1-6(13)14-3-7(10)2-8(11,4-9)5-12/h7H,2-4H2,1H3. The van der Waals surface area contributed by atoms with Gasteiger partial charge in [-0.15, -0.1) is 34.8 Å². The third-order valence-corrected chi connectivity index (χ3v) is 2.67. The predicted octanol–water partition coefficient (Wildman–Crippen LogP) is 2.29. The smallest absolute Gasteiger partial charge is 0.302 e. The van der Waals surface area contributed by atoms with Crippen LogP contribution in [0.25, 0.3) is 0 Å². The summed E-state index contributed by atoms with van der Waals surface area (Å²) in [5.74, 6) is -0.437. The first-order chi connectivity index (χ1) is 6.43. The maximum Gasteiger partial charge on any atom is 0.302 e. The van der Waals surface area contributed by atoms with Gasteiger partial charge in [0.25, 0.3) is 0 Å². The monoisotopic (exact) mass is 257 g/mol. The Bertz CT molecular complexity index is 241. The maximum atomic E-state index is 10.4. The molecule has 0 saturated heterocycles. The molecule has 0 aliphatic carbocycles. The van der Waals surface area contributed by atoms with Gasteiger partial charge in [-0.1, -0.05) is 0 Å². The Morgan fingerprint density at radius 3 is 2.64 bits per heavy atom. The summed E-state index contributed by atoms with van der Waals surface area (Å²) < 4.78 is 4.66. The molecule has 2 unspecified atom stereocenters. The first-order valence-electron chi connectivity index (χ1n) is 3.87. The molecule has 0 aliphatic heterocycles. The van der Waals surface area contributed by atoms with Crippen LogP contribution in [0.4, 0.5) is 0 Å². The van der Waals surface area contributed by atoms with Crippen LogP contribution in [-0.4, -0.2) is 28.7 Å². The van der Waals surface area contributed by atoms with Crippen molar-refractivity contribution in [1.82, 2.24) is 0 Å². The molecule has 0 spiro atoms. The van der Waals surface area contributed by atoms with Crippen molar-refractivity contribution in [2.24, 2.45) is 0 Å². The van der Waals surface area contributed by atoms with Gasteiger partial charge < -0.3 is 4.74 Å². The zero-order valence-electron chi connectivity index (χ0n) is 7.60. The van der Waals surface area contributed by atoms with Gasteiger partial charge in [-0.3, -0.25) is 4.79 Å². The van der Waals surface area contributed by atoms with Crippen LogP contribution in [0, 0.1) is 11.3 Å². The number of carbonyl (C=O) groups is 1. The molecule has 14 heavy (non-hydrogen) atoms. The molecule has 0 aromatic carbocycles. The first-order valence-corrected chi connectivity index (χ1v) is 5.22. The van der Waals surface area contributed by atoms with Gasteiger partial charge in [0.05, 0.1) is 17.3 Å². The highest BCUT2D eigenvalue weighted by Gasteiger charge is 2.29. The van der Waals surface area contributed by atoms with E-state index in [0.29, 0.717) is 0 Å². The van der Waals surface area contributed by atoms with E-state index in [-0.39, 0.29) is 18.9 Å². The summed E-state index contributed by atoms with van der Waals surface area (Å²) >= 11 is 17.1.